The molecular formula is C30H42ClN3O9. The second kappa shape index (κ2) is 14.7. The SMILES string of the molecule is CC(=O)/C=C/C(=O)OCOC(=O)OC(C)(C)CNC(=O)NC(C(=O)N1CC[C@](O)(c2ccc(Cl)cc2)C(C)(C)C1)C(C)C. The Hall–Kier alpha value is -3.64. The minimum Gasteiger partial charge on any atom is -0.426 e. The summed E-state index contributed by atoms with van der Waals surface area (Å²) in [4.78, 5) is 62.2. The summed E-state index contributed by atoms with van der Waals surface area (Å²) in [6.45, 7) is 11.4. The van der Waals surface area contributed by atoms with Gasteiger partial charge in [0, 0.05) is 29.6 Å². The van der Waals surface area contributed by atoms with E-state index in [0.717, 1.165) is 17.7 Å². The number of likely N-dealkylation sites (tertiary alicyclic amines) is 1. The third-order valence-electron chi connectivity index (χ3n) is 7.17. The molecule has 0 bridgehead atoms. The topological polar surface area (TPSA) is 161 Å². The normalized spacial score (nSPS) is 19.0. The smallest absolute Gasteiger partial charge is 0.426 e. The van der Waals surface area contributed by atoms with E-state index in [1.807, 2.05) is 27.7 Å². The molecule has 1 aromatic rings. The monoisotopic (exact) mass is 623 g/mol. The zero-order chi connectivity index (χ0) is 32.6. The molecule has 1 aromatic carbocycles. The molecule has 0 spiro atoms. The quantitative estimate of drug-likeness (QED) is 0.190. The van der Waals surface area contributed by atoms with E-state index >= 15 is 0 Å². The average molecular weight is 624 g/mol. The first-order chi connectivity index (χ1) is 19.9. The number of benzene rings is 1. The molecule has 13 heteroatoms. The van der Waals surface area contributed by atoms with Gasteiger partial charge in [0.05, 0.1) is 12.1 Å². The van der Waals surface area contributed by atoms with Gasteiger partial charge in [-0.2, -0.15) is 0 Å². The van der Waals surface area contributed by atoms with Crippen LogP contribution in [0.2, 0.25) is 5.02 Å². The van der Waals surface area contributed by atoms with Gasteiger partial charge in [0.1, 0.15) is 11.6 Å². The van der Waals surface area contributed by atoms with E-state index < -0.39 is 47.6 Å². The Kier molecular flexibility index (Phi) is 12.2. The Morgan fingerprint density at radius 3 is 2.28 bits per heavy atom. The van der Waals surface area contributed by atoms with E-state index in [1.54, 1.807) is 29.2 Å². The number of carbonyl (C=O) groups excluding carboxylic acids is 5. The van der Waals surface area contributed by atoms with Crippen molar-refractivity contribution in [2.75, 3.05) is 26.4 Å². The molecule has 1 saturated heterocycles. The number of urea groups is 1. The molecule has 2 atom stereocenters. The molecular weight excluding hydrogens is 582 g/mol. The van der Waals surface area contributed by atoms with E-state index in [-0.39, 0.29) is 30.7 Å². The maximum absolute atomic E-state index is 13.6. The molecule has 0 aromatic heterocycles. The molecule has 0 aliphatic carbocycles. The zero-order valence-corrected chi connectivity index (χ0v) is 26.4. The number of amides is 3. The van der Waals surface area contributed by atoms with Gasteiger partial charge in [-0.1, -0.05) is 51.4 Å². The van der Waals surface area contributed by atoms with Gasteiger partial charge < -0.3 is 34.9 Å². The number of ether oxygens (including phenoxy) is 3. The van der Waals surface area contributed by atoms with Crippen LogP contribution in [0.4, 0.5) is 9.59 Å². The summed E-state index contributed by atoms with van der Waals surface area (Å²) >= 11 is 6.02. The lowest BCUT2D eigenvalue weighted by Crippen LogP contribution is -2.61. The van der Waals surface area contributed by atoms with Gasteiger partial charge in [-0.15, -0.1) is 0 Å². The van der Waals surface area contributed by atoms with Crippen LogP contribution in [0.15, 0.2) is 36.4 Å². The van der Waals surface area contributed by atoms with Crippen LogP contribution >= 0.6 is 11.6 Å². The first-order valence-corrected chi connectivity index (χ1v) is 14.3. The highest BCUT2D eigenvalue weighted by molar-refractivity contribution is 6.30. The summed E-state index contributed by atoms with van der Waals surface area (Å²) in [5.41, 5.74) is -2.36. The number of hydrogen-bond donors (Lipinski definition) is 3. The molecule has 43 heavy (non-hydrogen) atoms. The summed E-state index contributed by atoms with van der Waals surface area (Å²) in [5.74, 6) is -1.74. The third kappa shape index (κ3) is 10.2. The first-order valence-electron chi connectivity index (χ1n) is 13.9. The Bertz CT molecular complexity index is 1210. The van der Waals surface area contributed by atoms with Crippen molar-refractivity contribution < 1.29 is 43.3 Å². The van der Waals surface area contributed by atoms with E-state index in [0.29, 0.717) is 18.0 Å². The van der Waals surface area contributed by atoms with Crippen LogP contribution in [-0.2, 0) is 34.2 Å². The van der Waals surface area contributed by atoms with Gasteiger partial charge in [-0.05, 0) is 56.9 Å². The maximum atomic E-state index is 13.6. The van der Waals surface area contributed by atoms with Crippen molar-refractivity contribution in [3.63, 3.8) is 0 Å². The highest BCUT2D eigenvalue weighted by Crippen LogP contribution is 2.46. The van der Waals surface area contributed by atoms with Gasteiger partial charge in [0.2, 0.25) is 12.7 Å². The molecule has 1 aliphatic heterocycles. The van der Waals surface area contributed by atoms with Gasteiger partial charge >= 0.3 is 18.2 Å². The number of hydrogen-bond acceptors (Lipinski definition) is 9. The Balaban J connectivity index is 1.91. The lowest BCUT2D eigenvalue weighted by atomic mass is 9.66. The third-order valence-corrected chi connectivity index (χ3v) is 7.42. The van der Waals surface area contributed by atoms with Crippen molar-refractivity contribution >= 4 is 41.4 Å². The van der Waals surface area contributed by atoms with E-state index in [2.05, 4.69) is 15.4 Å². The molecule has 3 N–H and O–H groups in total. The largest absolute Gasteiger partial charge is 0.511 e. The Labute approximate surface area is 257 Å². The number of ketones is 1. The predicted octanol–water partition coefficient (Wildman–Crippen LogP) is 3.69. The van der Waals surface area contributed by atoms with Crippen LogP contribution in [0, 0.1) is 11.3 Å². The van der Waals surface area contributed by atoms with Crippen molar-refractivity contribution in [2.24, 2.45) is 11.3 Å². The summed E-state index contributed by atoms with van der Waals surface area (Å²) in [7, 11) is 0. The van der Waals surface area contributed by atoms with Crippen LogP contribution < -0.4 is 10.6 Å². The second-order valence-electron chi connectivity index (χ2n) is 12.1. The Morgan fingerprint density at radius 1 is 1.09 bits per heavy atom. The molecule has 1 fully saturated rings. The molecule has 0 radical (unpaired) electrons. The number of nitrogens with zero attached hydrogens (tertiary/aromatic N) is 1. The number of carbonyl (C=O) groups is 5. The number of aliphatic hydroxyl groups is 1. The van der Waals surface area contributed by atoms with Crippen molar-refractivity contribution in [1.82, 2.24) is 15.5 Å². The minimum atomic E-state index is -1.21. The lowest BCUT2D eigenvalue weighted by Gasteiger charge is -2.51. The molecule has 1 aliphatic rings. The number of halogens is 1. The highest BCUT2D eigenvalue weighted by atomic mass is 35.5. The minimum absolute atomic E-state index is 0.126. The Morgan fingerprint density at radius 2 is 1.72 bits per heavy atom. The molecule has 238 valence electrons. The van der Waals surface area contributed by atoms with Gasteiger partial charge in [0.25, 0.3) is 0 Å². The maximum Gasteiger partial charge on any atom is 0.511 e. The summed E-state index contributed by atoms with van der Waals surface area (Å²) in [6, 6.07) is 5.55. The summed E-state index contributed by atoms with van der Waals surface area (Å²) in [5, 5.41) is 17.5. The fraction of sp³-hybridized carbons (Fsp3) is 0.567. The highest BCUT2D eigenvalue weighted by Gasteiger charge is 2.50. The molecule has 3 amide bonds. The van der Waals surface area contributed by atoms with E-state index in [4.69, 9.17) is 21.1 Å². The van der Waals surface area contributed by atoms with Crippen molar-refractivity contribution in [1.29, 1.82) is 0 Å². The van der Waals surface area contributed by atoms with E-state index in [1.165, 1.54) is 20.8 Å². The van der Waals surface area contributed by atoms with Crippen LogP contribution in [-0.4, -0.2) is 77.9 Å². The number of piperidine rings is 1. The number of esters is 1. The standard InChI is InChI=1S/C30H42ClN3O9/c1-19(2)24(25(37)34-15-14-30(40,28(4,5)17-34)21-9-11-22(31)12-10-21)33-26(38)32-16-29(6,7)43-27(39)42-18-41-23(36)13-8-20(3)35/h8-13,19,24,40H,14-18H2,1-7H3,(H2,32,33,38)/b13-8+/t24?,30-/m0/s1. The van der Waals surface area contributed by atoms with Gasteiger partial charge in [-0.3, -0.25) is 9.59 Å². The van der Waals surface area contributed by atoms with Crippen LogP contribution in [0.1, 0.15) is 60.5 Å². The molecule has 0 saturated carbocycles. The zero-order valence-electron chi connectivity index (χ0n) is 25.7. The van der Waals surface area contributed by atoms with Crippen LogP contribution in [0.5, 0.6) is 0 Å². The van der Waals surface area contributed by atoms with Gasteiger partial charge in [0.15, 0.2) is 5.78 Å². The van der Waals surface area contributed by atoms with Crippen LogP contribution in [0.3, 0.4) is 0 Å². The second-order valence-corrected chi connectivity index (χ2v) is 12.5. The molecule has 2 rings (SSSR count). The van der Waals surface area contributed by atoms with E-state index in [9.17, 15) is 29.1 Å². The number of rotatable bonds is 11. The fourth-order valence-corrected chi connectivity index (χ4v) is 4.75. The predicted molar refractivity (Wildman–Crippen MR) is 158 cm³/mol. The van der Waals surface area contributed by atoms with Crippen LogP contribution in [0.25, 0.3) is 0 Å². The first kappa shape index (κ1) is 35.6. The average Bonchev–Trinajstić information content (AvgIpc) is 2.90. The number of allylic oxidation sites excluding steroid dienone is 1. The number of nitrogens with one attached hydrogen (secondary N) is 2. The lowest BCUT2D eigenvalue weighted by molar-refractivity contribution is -0.155. The van der Waals surface area contributed by atoms with Crippen molar-refractivity contribution in [3.8, 4) is 0 Å². The fourth-order valence-electron chi connectivity index (χ4n) is 4.63. The summed E-state index contributed by atoms with van der Waals surface area (Å²) < 4.78 is 14.5. The van der Waals surface area contributed by atoms with Gasteiger partial charge in [-0.25, -0.2) is 14.4 Å². The van der Waals surface area contributed by atoms with Crippen molar-refractivity contribution in [2.45, 2.75) is 72.1 Å². The molecule has 1 heterocycles. The molecule has 1 unspecified atom stereocenters. The molecule has 12 nitrogen and oxygen atoms in total. The summed E-state index contributed by atoms with van der Waals surface area (Å²) in [6.07, 6.45) is 1.07. The van der Waals surface area contributed by atoms with Crippen molar-refractivity contribution in [3.05, 3.63) is 47.0 Å².